The van der Waals surface area contributed by atoms with Gasteiger partial charge in [0.2, 0.25) is 0 Å². The van der Waals surface area contributed by atoms with Gasteiger partial charge in [-0.15, -0.1) is 24.0 Å². The Bertz CT molecular complexity index is 451. The molecule has 0 spiro atoms. The first-order valence-electron chi connectivity index (χ1n) is 7.43. The third-order valence-electron chi connectivity index (χ3n) is 3.24. The monoisotopic (exact) mass is 421 g/mol. The van der Waals surface area contributed by atoms with Crippen molar-refractivity contribution >= 4 is 29.9 Å². The van der Waals surface area contributed by atoms with Crippen molar-refractivity contribution in [3.05, 3.63) is 24.3 Å². The lowest BCUT2D eigenvalue weighted by Gasteiger charge is -2.20. The average molecular weight is 421 g/mol. The molecule has 0 saturated heterocycles. The van der Waals surface area contributed by atoms with Crippen LogP contribution in [0.2, 0.25) is 0 Å². The minimum Gasteiger partial charge on any atom is -0.493 e. The molecule has 5 nitrogen and oxygen atoms in total. The van der Waals surface area contributed by atoms with Crippen LogP contribution in [-0.4, -0.2) is 44.2 Å². The van der Waals surface area contributed by atoms with E-state index in [4.69, 9.17) is 15.2 Å². The number of aliphatic imine (C=N–C) groups is 1. The van der Waals surface area contributed by atoms with Crippen LogP contribution in [0, 0.1) is 5.92 Å². The van der Waals surface area contributed by atoms with Gasteiger partial charge in [-0.2, -0.15) is 0 Å². The second-order valence-electron chi connectivity index (χ2n) is 4.94. The molecule has 1 rings (SSSR count). The van der Waals surface area contributed by atoms with E-state index in [0.717, 1.165) is 24.6 Å². The second-order valence-corrected chi connectivity index (χ2v) is 4.94. The van der Waals surface area contributed by atoms with Crippen molar-refractivity contribution in [2.75, 3.05) is 33.4 Å². The van der Waals surface area contributed by atoms with Crippen molar-refractivity contribution in [1.82, 2.24) is 4.90 Å². The minimum absolute atomic E-state index is 0. The average Bonchev–Trinajstić information content (AvgIpc) is 2.52. The van der Waals surface area contributed by atoms with Gasteiger partial charge in [-0.25, -0.2) is 0 Å². The van der Waals surface area contributed by atoms with Crippen LogP contribution in [0.5, 0.6) is 11.5 Å². The standard InChI is InChI=1S/C16H27N3O2.HI/c1-5-19(6-2)16(17)18-11-13(3)12-21-15-10-8-7-9-14(15)20-4;/h7-10,13H,5-6,11-12H2,1-4H3,(H2,17,18);1H. The Kier molecular flexibility index (Phi) is 10.8. The summed E-state index contributed by atoms with van der Waals surface area (Å²) in [6.07, 6.45) is 0. The van der Waals surface area contributed by atoms with E-state index >= 15 is 0 Å². The number of benzene rings is 1. The molecular formula is C16H28IN3O2. The number of rotatable bonds is 8. The molecule has 0 aromatic heterocycles. The summed E-state index contributed by atoms with van der Waals surface area (Å²) in [6.45, 7) is 9.21. The Balaban J connectivity index is 0.00000441. The molecule has 0 saturated carbocycles. The van der Waals surface area contributed by atoms with Crippen LogP contribution in [0.25, 0.3) is 0 Å². The number of hydrogen-bond donors (Lipinski definition) is 1. The quantitative estimate of drug-likeness (QED) is 0.398. The molecule has 1 aromatic rings. The second kappa shape index (κ2) is 11.4. The number of nitrogens with two attached hydrogens (primary N) is 1. The molecule has 0 aliphatic carbocycles. The van der Waals surface area contributed by atoms with E-state index in [9.17, 15) is 0 Å². The van der Waals surface area contributed by atoms with Crippen LogP contribution < -0.4 is 15.2 Å². The van der Waals surface area contributed by atoms with Gasteiger partial charge in [0.1, 0.15) is 0 Å². The Morgan fingerprint density at radius 2 is 1.82 bits per heavy atom. The molecule has 1 unspecified atom stereocenters. The normalized spacial score (nSPS) is 12.3. The summed E-state index contributed by atoms with van der Waals surface area (Å²) in [7, 11) is 1.64. The molecule has 0 heterocycles. The molecule has 0 aliphatic rings. The van der Waals surface area contributed by atoms with Crippen molar-refractivity contribution in [3.63, 3.8) is 0 Å². The number of methoxy groups -OCH3 is 1. The smallest absolute Gasteiger partial charge is 0.191 e. The molecule has 6 heteroatoms. The zero-order valence-electron chi connectivity index (χ0n) is 13.9. The maximum Gasteiger partial charge on any atom is 0.191 e. The highest BCUT2D eigenvalue weighted by atomic mass is 127. The first-order valence-corrected chi connectivity index (χ1v) is 7.43. The lowest BCUT2D eigenvalue weighted by atomic mass is 10.2. The van der Waals surface area contributed by atoms with Gasteiger partial charge in [0.25, 0.3) is 0 Å². The largest absolute Gasteiger partial charge is 0.493 e. The van der Waals surface area contributed by atoms with Crippen molar-refractivity contribution in [2.24, 2.45) is 16.6 Å². The number of para-hydroxylation sites is 2. The van der Waals surface area contributed by atoms with Gasteiger partial charge < -0.3 is 20.1 Å². The van der Waals surface area contributed by atoms with Crippen LogP contribution in [-0.2, 0) is 0 Å². The molecule has 1 aromatic carbocycles. The van der Waals surface area contributed by atoms with Gasteiger partial charge in [0.15, 0.2) is 17.5 Å². The number of nitrogens with zero attached hydrogens (tertiary/aromatic N) is 2. The SMILES string of the molecule is CCN(CC)C(N)=NCC(C)COc1ccccc1OC.I. The minimum atomic E-state index is 0. The van der Waals surface area contributed by atoms with E-state index < -0.39 is 0 Å². The third kappa shape index (κ3) is 6.72. The molecule has 0 aliphatic heterocycles. The summed E-state index contributed by atoms with van der Waals surface area (Å²) in [5.41, 5.74) is 5.96. The highest BCUT2D eigenvalue weighted by molar-refractivity contribution is 14.0. The van der Waals surface area contributed by atoms with E-state index in [0.29, 0.717) is 19.1 Å². The summed E-state index contributed by atoms with van der Waals surface area (Å²) >= 11 is 0. The maximum atomic E-state index is 5.96. The fraction of sp³-hybridized carbons (Fsp3) is 0.562. The van der Waals surface area contributed by atoms with Gasteiger partial charge in [-0.3, -0.25) is 4.99 Å². The van der Waals surface area contributed by atoms with Crippen LogP contribution >= 0.6 is 24.0 Å². The van der Waals surface area contributed by atoms with Crippen LogP contribution in [0.1, 0.15) is 20.8 Å². The van der Waals surface area contributed by atoms with Crippen molar-refractivity contribution in [3.8, 4) is 11.5 Å². The Hall–Kier alpha value is -1.18. The lowest BCUT2D eigenvalue weighted by molar-refractivity contribution is 0.251. The summed E-state index contributed by atoms with van der Waals surface area (Å²) in [5.74, 6) is 2.39. The summed E-state index contributed by atoms with van der Waals surface area (Å²) < 4.78 is 11.0. The fourth-order valence-corrected chi connectivity index (χ4v) is 1.92. The van der Waals surface area contributed by atoms with Gasteiger partial charge in [0, 0.05) is 25.6 Å². The molecule has 1 atom stereocenters. The van der Waals surface area contributed by atoms with Crippen molar-refractivity contribution < 1.29 is 9.47 Å². The molecule has 22 heavy (non-hydrogen) atoms. The molecule has 126 valence electrons. The van der Waals surface area contributed by atoms with E-state index in [2.05, 4.69) is 25.8 Å². The highest BCUT2D eigenvalue weighted by Crippen LogP contribution is 2.26. The number of guanidine groups is 1. The van der Waals surface area contributed by atoms with E-state index in [1.54, 1.807) is 7.11 Å². The van der Waals surface area contributed by atoms with Crippen LogP contribution in [0.3, 0.4) is 0 Å². The Morgan fingerprint density at radius 3 is 2.36 bits per heavy atom. The zero-order valence-corrected chi connectivity index (χ0v) is 16.2. The summed E-state index contributed by atoms with van der Waals surface area (Å²) in [6, 6.07) is 7.64. The molecule has 0 amide bonds. The Labute approximate surface area is 150 Å². The molecule has 0 bridgehead atoms. The number of hydrogen-bond acceptors (Lipinski definition) is 3. The molecular weight excluding hydrogens is 393 g/mol. The highest BCUT2D eigenvalue weighted by Gasteiger charge is 2.08. The van der Waals surface area contributed by atoms with E-state index in [-0.39, 0.29) is 29.9 Å². The van der Waals surface area contributed by atoms with E-state index in [1.807, 2.05) is 29.2 Å². The molecule has 0 radical (unpaired) electrons. The van der Waals surface area contributed by atoms with Crippen molar-refractivity contribution in [1.29, 1.82) is 0 Å². The maximum absolute atomic E-state index is 5.96. The summed E-state index contributed by atoms with van der Waals surface area (Å²) in [4.78, 5) is 6.47. The summed E-state index contributed by atoms with van der Waals surface area (Å²) in [5, 5.41) is 0. The van der Waals surface area contributed by atoms with Gasteiger partial charge in [0.05, 0.1) is 13.7 Å². The van der Waals surface area contributed by atoms with Gasteiger partial charge in [-0.1, -0.05) is 19.1 Å². The topological polar surface area (TPSA) is 60.1 Å². The lowest BCUT2D eigenvalue weighted by Crippen LogP contribution is -2.37. The molecule has 0 fully saturated rings. The van der Waals surface area contributed by atoms with Crippen LogP contribution in [0.15, 0.2) is 29.3 Å². The van der Waals surface area contributed by atoms with Crippen molar-refractivity contribution in [2.45, 2.75) is 20.8 Å². The first kappa shape index (κ1) is 20.8. The predicted octanol–water partition coefficient (Wildman–Crippen LogP) is 2.98. The first-order chi connectivity index (χ1) is 10.1. The number of ether oxygens (including phenoxy) is 2. The number of halogens is 1. The van der Waals surface area contributed by atoms with E-state index in [1.165, 1.54) is 0 Å². The van der Waals surface area contributed by atoms with Gasteiger partial charge in [-0.05, 0) is 26.0 Å². The van der Waals surface area contributed by atoms with Gasteiger partial charge >= 0.3 is 0 Å². The fourth-order valence-electron chi connectivity index (χ4n) is 1.92. The zero-order chi connectivity index (χ0) is 15.7. The predicted molar refractivity (Wildman–Crippen MR) is 102 cm³/mol. The molecule has 2 N–H and O–H groups in total. The van der Waals surface area contributed by atoms with Crippen LogP contribution in [0.4, 0.5) is 0 Å². The Morgan fingerprint density at radius 1 is 1.23 bits per heavy atom. The third-order valence-corrected chi connectivity index (χ3v) is 3.24.